The maximum Gasteiger partial charge on any atom is 0.271 e. The van der Waals surface area contributed by atoms with E-state index in [4.69, 9.17) is 9.47 Å². The first-order chi connectivity index (χ1) is 11.9. The Hall–Kier alpha value is -3.42. The van der Waals surface area contributed by atoms with E-state index in [2.05, 4.69) is 10.5 Å². The van der Waals surface area contributed by atoms with E-state index in [0.29, 0.717) is 22.8 Å². The second-order valence-corrected chi connectivity index (χ2v) is 5.07. The first-order valence-corrected chi connectivity index (χ1v) is 7.19. The molecule has 2 aromatic rings. The number of methoxy groups -OCH3 is 2. The van der Waals surface area contributed by atoms with E-state index in [1.165, 1.54) is 14.2 Å². The number of nitrogens with one attached hydrogen (secondary N) is 1. The summed E-state index contributed by atoms with van der Waals surface area (Å²) in [6, 6.07) is 7.22. The fourth-order valence-corrected chi connectivity index (χ4v) is 2.06. The largest absolute Gasteiger partial charge is 0.504 e. The molecule has 0 aliphatic heterocycles. The van der Waals surface area contributed by atoms with Gasteiger partial charge in [0.2, 0.25) is 0 Å². The predicted octanol–water partition coefficient (Wildman–Crippen LogP) is 1.97. The molecule has 0 bridgehead atoms. The molecule has 0 fully saturated rings. The van der Waals surface area contributed by atoms with Crippen molar-refractivity contribution in [3.8, 4) is 28.7 Å². The van der Waals surface area contributed by atoms with Crippen molar-refractivity contribution in [3.05, 3.63) is 41.5 Å². The zero-order valence-electron chi connectivity index (χ0n) is 13.9. The van der Waals surface area contributed by atoms with Crippen LogP contribution in [0.2, 0.25) is 0 Å². The topological polar surface area (TPSA) is 121 Å². The molecular weight excluding hydrogens is 328 g/mol. The van der Waals surface area contributed by atoms with Crippen LogP contribution in [0.25, 0.3) is 0 Å². The van der Waals surface area contributed by atoms with Crippen LogP contribution in [0.4, 0.5) is 0 Å². The van der Waals surface area contributed by atoms with E-state index in [0.717, 1.165) is 12.1 Å². The minimum absolute atomic E-state index is 0.0586. The molecule has 8 nitrogen and oxygen atoms in total. The molecule has 0 heterocycles. The number of ether oxygens (including phenoxy) is 2. The fraction of sp³-hybridized carbons (Fsp3) is 0.176. The Morgan fingerprint density at radius 3 is 2.12 bits per heavy atom. The third-order valence-corrected chi connectivity index (χ3v) is 3.46. The van der Waals surface area contributed by atoms with Crippen molar-refractivity contribution in [2.45, 2.75) is 6.92 Å². The average molecular weight is 346 g/mol. The smallest absolute Gasteiger partial charge is 0.271 e. The molecule has 0 aliphatic rings. The Bertz CT molecular complexity index is 809. The van der Waals surface area contributed by atoms with Gasteiger partial charge in [0.1, 0.15) is 0 Å². The van der Waals surface area contributed by atoms with Crippen LogP contribution in [-0.4, -0.2) is 41.2 Å². The van der Waals surface area contributed by atoms with Crippen molar-refractivity contribution < 1.29 is 29.6 Å². The third kappa shape index (κ3) is 3.92. The maximum atomic E-state index is 12.1. The molecule has 0 saturated heterocycles. The number of hydrazone groups is 1. The van der Waals surface area contributed by atoms with Gasteiger partial charge in [-0.15, -0.1) is 0 Å². The summed E-state index contributed by atoms with van der Waals surface area (Å²) in [5, 5.41) is 32.1. The highest BCUT2D eigenvalue weighted by Crippen LogP contribution is 2.35. The quantitative estimate of drug-likeness (QED) is 0.373. The van der Waals surface area contributed by atoms with Gasteiger partial charge in [-0.1, -0.05) is 0 Å². The monoisotopic (exact) mass is 346 g/mol. The molecule has 0 spiro atoms. The normalized spacial score (nSPS) is 11.1. The van der Waals surface area contributed by atoms with Gasteiger partial charge in [0.15, 0.2) is 28.7 Å². The second kappa shape index (κ2) is 7.43. The zero-order valence-corrected chi connectivity index (χ0v) is 13.9. The molecule has 25 heavy (non-hydrogen) atoms. The lowest BCUT2D eigenvalue weighted by Crippen LogP contribution is -2.19. The lowest BCUT2D eigenvalue weighted by atomic mass is 10.1. The zero-order chi connectivity index (χ0) is 18.6. The van der Waals surface area contributed by atoms with Crippen molar-refractivity contribution in [3.63, 3.8) is 0 Å². The van der Waals surface area contributed by atoms with Crippen LogP contribution in [-0.2, 0) is 0 Å². The van der Waals surface area contributed by atoms with Crippen molar-refractivity contribution >= 4 is 11.6 Å². The van der Waals surface area contributed by atoms with Crippen molar-refractivity contribution in [1.82, 2.24) is 5.43 Å². The summed E-state index contributed by atoms with van der Waals surface area (Å²) in [6.45, 7) is 1.69. The Labute approximate surface area is 143 Å². The molecule has 0 radical (unpaired) electrons. The number of amides is 1. The maximum absolute atomic E-state index is 12.1. The molecular formula is C17H18N2O6. The molecule has 4 N–H and O–H groups in total. The highest BCUT2D eigenvalue weighted by atomic mass is 16.5. The van der Waals surface area contributed by atoms with Gasteiger partial charge in [-0.2, -0.15) is 5.10 Å². The average Bonchev–Trinajstić information content (AvgIpc) is 2.62. The number of hydrogen-bond donors (Lipinski definition) is 4. The molecule has 2 aromatic carbocycles. The fourth-order valence-electron chi connectivity index (χ4n) is 2.06. The number of aromatic hydroxyl groups is 3. The van der Waals surface area contributed by atoms with Gasteiger partial charge in [0, 0.05) is 11.1 Å². The minimum atomic E-state index is -0.693. The number of phenols is 3. The van der Waals surface area contributed by atoms with E-state index in [1.807, 2.05) is 0 Å². The Morgan fingerprint density at radius 1 is 0.960 bits per heavy atom. The number of nitrogens with zero attached hydrogens (tertiary/aromatic N) is 1. The van der Waals surface area contributed by atoms with Gasteiger partial charge < -0.3 is 24.8 Å². The third-order valence-electron chi connectivity index (χ3n) is 3.46. The lowest BCUT2D eigenvalue weighted by molar-refractivity contribution is 0.0954. The molecule has 0 unspecified atom stereocenters. The molecule has 0 saturated carbocycles. The first kappa shape index (κ1) is 17.9. The number of phenolic OH excluding ortho intramolecular Hbond substituents is 3. The first-order valence-electron chi connectivity index (χ1n) is 7.19. The van der Waals surface area contributed by atoms with Gasteiger partial charge in [0.05, 0.1) is 19.9 Å². The predicted molar refractivity (Wildman–Crippen MR) is 90.7 cm³/mol. The number of benzene rings is 2. The molecule has 8 heteroatoms. The minimum Gasteiger partial charge on any atom is -0.504 e. The number of rotatable bonds is 5. The van der Waals surface area contributed by atoms with Crippen LogP contribution in [0.5, 0.6) is 28.7 Å². The van der Waals surface area contributed by atoms with Crippen LogP contribution in [0.15, 0.2) is 35.4 Å². The summed E-state index contributed by atoms with van der Waals surface area (Å²) in [5.41, 5.74) is 3.46. The summed E-state index contributed by atoms with van der Waals surface area (Å²) in [4.78, 5) is 12.1. The van der Waals surface area contributed by atoms with Gasteiger partial charge in [-0.3, -0.25) is 4.79 Å². The van der Waals surface area contributed by atoms with Gasteiger partial charge in [0.25, 0.3) is 5.91 Å². The van der Waals surface area contributed by atoms with Gasteiger partial charge in [-0.25, -0.2) is 5.43 Å². The van der Waals surface area contributed by atoms with E-state index in [9.17, 15) is 20.1 Å². The number of carbonyl (C=O) groups excluding carboxylic acids is 1. The van der Waals surface area contributed by atoms with Gasteiger partial charge >= 0.3 is 0 Å². The summed E-state index contributed by atoms with van der Waals surface area (Å²) in [5.74, 6) is -1.48. The highest BCUT2D eigenvalue weighted by molar-refractivity contribution is 6.01. The van der Waals surface area contributed by atoms with E-state index < -0.39 is 23.2 Å². The summed E-state index contributed by atoms with van der Waals surface area (Å²) in [6.07, 6.45) is 0. The van der Waals surface area contributed by atoms with Crippen molar-refractivity contribution in [2.75, 3.05) is 14.2 Å². The summed E-state index contributed by atoms with van der Waals surface area (Å²) in [7, 11) is 3.04. The number of carbonyl (C=O) groups is 1. The van der Waals surface area contributed by atoms with Crippen LogP contribution in [0, 0.1) is 0 Å². The molecule has 0 atom stereocenters. The molecule has 132 valence electrons. The highest BCUT2D eigenvalue weighted by Gasteiger charge is 2.13. The standard InChI is InChI=1S/C17H18N2O6/c1-9(10-4-5-14(24-2)15(8-10)25-3)18-19-17(23)11-6-12(20)16(22)13(21)7-11/h4-8,20-22H,1-3H3,(H,19,23). The Kier molecular flexibility index (Phi) is 5.33. The van der Waals surface area contributed by atoms with Crippen LogP contribution in [0.3, 0.4) is 0 Å². The lowest BCUT2D eigenvalue weighted by Gasteiger charge is -2.09. The van der Waals surface area contributed by atoms with E-state index in [-0.39, 0.29) is 5.56 Å². The van der Waals surface area contributed by atoms with Crippen LogP contribution >= 0.6 is 0 Å². The summed E-state index contributed by atoms with van der Waals surface area (Å²) >= 11 is 0. The number of hydrogen-bond acceptors (Lipinski definition) is 7. The van der Waals surface area contributed by atoms with Crippen molar-refractivity contribution in [2.24, 2.45) is 5.10 Å². The molecule has 2 rings (SSSR count). The van der Waals surface area contributed by atoms with Crippen LogP contribution in [0.1, 0.15) is 22.8 Å². The van der Waals surface area contributed by atoms with E-state index in [1.54, 1.807) is 25.1 Å². The molecule has 0 aliphatic carbocycles. The molecule has 0 aromatic heterocycles. The Morgan fingerprint density at radius 2 is 1.56 bits per heavy atom. The summed E-state index contributed by atoms with van der Waals surface area (Å²) < 4.78 is 10.4. The SMILES string of the molecule is COc1ccc(C(C)=NNC(=O)c2cc(O)c(O)c(O)c2)cc1OC. The molecule has 1 amide bonds. The van der Waals surface area contributed by atoms with Crippen molar-refractivity contribution in [1.29, 1.82) is 0 Å². The second-order valence-electron chi connectivity index (χ2n) is 5.07. The van der Waals surface area contributed by atoms with Gasteiger partial charge in [-0.05, 0) is 37.3 Å². The van der Waals surface area contributed by atoms with Crippen LogP contribution < -0.4 is 14.9 Å². The Balaban J connectivity index is 2.19. The van der Waals surface area contributed by atoms with E-state index >= 15 is 0 Å².